The third kappa shape index (κ3) is 3.51. The molecule has 0 radical (unpaired) electrons. The zero-order valence-corrected chi connectivity index (χ0v) is 14.8. The van der Waals surface area contributed by atoms with Crippen molar-refractivity contribution in [2.75, 3.05) is 14.2 Å². The van der Waals surface area contributed by atoms with Crippen LogP contribution < -0.4 is 14.2 Å². The van der Waals surface area contributed by atoms with Gasteiger partial charge in [-0.2, -0.15) is 0 Å². The van der Waals surface area contributed by atoms with Crippen LogP contribution in [0.3, 0.4) is 0 Å². The van der Waals surface area contributed by atoms with Crippen LogP contribution in [0.1, 0.15) is 17.0 Å². The number of aromatic nitrogens is 1. The number of hydrogen-bond donors (Lipinski definition) is 1. The van der Waals surface area contributed by atoms with Crippen LogP contribution in [0.25, 0.3) is 0 Å². The van der Waals surface area contributed by atoms with Crippen molar-refractivity contribution in [2.24, 2.45) is 7.05 Å². The molecule has 0 atom stereocenters. The number of ether oxygens (including phenoxy) is 2. The van der Waals surface area contributed by atoms with Gasteiger partial charge in [-0.05, 0) is 37.6 Å². The maximum Gasteiger partial charge on any atom is 0.244 e. The average molecular weight is 338 g/mol. The summed E-state index contributed by atoms with van der Waals surface area (Å²) in [5, 5.41) is 0. The third-order valence-electron chi connectivity index (χ3n) is 3.99. The number of hydrogen-bond acceptors (Lipinski definition) is 4. The quantitative estimate of drug-likeness (QED) is 0.876. The van der Waals surface area contributed by atoms with Gasteiger partial charge >= 0.3 is 0 Å². The summed E-state index contributed by atoms with van der Waals surface area (Å²) in [7, 11) is 1.16. The minimum Gasteiger partial charge on any atom is -0.497 e. The molecule has 1 aromatic heterocycles. The predicted octanol–water partition coefficient (Wildman–Crippen LogP) is 2.14. The van der Waals surface area contributed by atoms with Crippen molar-refractivity contribution in [1.82, 2.24) is 9.29 Å². The minimum atomic E-state index is -3.72. The molecule has 2 aromatic rings. The van der Waals surface area contributed by atoms with E-state index in [4.69, 9.17) is 9.47 Å². The Bertz CT molecular complexity index is 810. The summed E-state index contributed by atoms with van der Waals surface area (Å²) in [4.78, 5) is 0.0599. The van der Waals surface area contributed by atoms with Crippen LogP contribution >= 0.6 is 0 Å². The summed E-state index contributed by atoms with van der Waals surface area (Å²) in [5.41, 5.74) is 3.05. The van der Waals surface area contributed by atoms with Gasteiger partial charge in [-0.25, -0.2) is 13.1 Å². The molecule has 7 heteroatoms. The molecule has 1 N–H and O–H groups in total. The SMILES string of the molecule is COc1ccc(OC)c(S(=O)(=O)NCc2cc(C)n(C)c2C)c1. The lowest BCUT2D eigenvalue weighted by Crippen LogP contribution is -2.24. The second-order valence-electron chi connectivity index (χ2n) is 5.30. The second kappa shape index (κ2) is 6.64. The van der Waals surface area contributed by atoms with Crippen molar-refractivity contribution in [2.45, 2.75) is 25.3 Å². The first-order valence-corrected chi connectivity index (χ1v) is 8.62. The molecule has 0 amide bonds. The molecule has 23 heavy (non-hydrogen) atoms. The van der Waals surface area contributed by atoms with Crippen molar-refractivity contribution in [1.29, 1.82) is 0 Å². The number of rotatable bonds is 6. The van der Waals surface area contributed by atoms with E-state index in [0.717, 1.165) is 17.0 Å². The van der Waals surface area contributed by atoms with Gasteiger partial charge in [0, 0.05) is 31.0 Å². The van der Waals surface area contributed by atoms with Crippen LogP contribution in [0, 0.1) is 13.8 Å². The van der Waals surface area contributed by atoms with Gasteiger partial charge in [-0.3, -0.25) is 0 Å². The molecule has 0 saturated heterocycles. The molecule has 1 heterocycles. The molecular formula is C16H22N2O4S. The zero-order chi connectivity index (χ0) is 17.2. The molecule has 1 aromatic carbocycles. The van der Waals surface area contributed by atoms with Crippen molar-refractivity contribution in [3.05, 3.63) is 41.2 Å². The monoisotopic (exact) mass is 338 g/mol. The van der Waals surface area contributed by atoms with Crippen molar-refractivity contribution in [3.63, 3.8) is 0 Å². The fourth-order valence-electron chi connectivity index (χ4n) is 2.36. The Hall–Kier alpha value is -1.99. The van der Waals surface area contributed by atoms with E-state index in [1.807, 2.05) is 31.5 Å². The first-order valence-electron chi connectivity index (χ1n) is 7.13. The highest BCUT2D eigenvalue weighted by Gasteiger charge is 2.21. The van der Waals surface area contributed by atoms with E-state index in [-0.39, 0.29) is 17.2 Å². The molecule has 0 spiro atoms. The van der Waals surface area contributed by atoms with E-state index < -0.39 is 10.0 Å². The summed E-state index contributed by atoms with van der Waals surface area (Å²) in [6.45, 7) is 4.16. The van der Waals surface area contributed by atoms with Crippen LogP contribution in [-0.4, -0.2) is 27.2 Å². The average Bonchev–Trinajstić information content (AvgIpc) is 2.79. The highest BCUT2D eigenvalue weighted by molar-refractivity contribution is 7.89. The smallest absolute Gasteiger partial charge is 0.244 e. The molecule has 0 bridgehead atoms. The molecule has 0 unspecified atom stereocenters. The number of methoxy groups -OCH3 is 2. The molecule has 0 aliphatic heterocycles. The van der Waals surface area contributed by atoms with Crippen LogP contribution in [-0.2, 0) is 23.6 Å². The van der Waals surface area contributed by atoms with Crippen LogP contribution in [0.4, 0.5) is 0 Å². The Morgan fingerprint density at radius 2 is 1.83 bits per heavy atom. The number of aryl methyl sites for hydroxylation is 1. The Kier molecular flexibility index (Phi) is 5.01. The van der Waals surface area contributed by atoms with Gasteiger partial charge < -0.3 is 14.0 Å². The molecule has 0 aliphatic rings. The van der Waals surface area contributed by atoms with E-state index >= 15 is 0 Å². The second-order valence-corrected chi connectivity index (χ2v) is 7.03. The molecular weight excluding hydrogens is 316 g/mol. The van der Waals surface area contributed by atoms with Gasteiger partial charge in [0.05, 0.1) is 14.2 Å². The summed E-state index contributed by atoms with van der Waals surface area (Å²) >= 11 is 0. The lowest BCUT2D eigenvalue weighted by Gasteiger charge is -2.12. The first kappa shape index (κ1) is 17.4. The van der Waals surface area contributed by atoms with Gasteiger partial charge in [0.1, 0.15) is 16.4 Å². The maximum absolute atomic E-state index is 12.6. The molecule has 0 saturated carbocycles. The van der Waals surface area contributed by atoms with Crippen molar-refractivity contribution in [3.8, 4) is 11.5 Å². The minimum absolute atomic E-state index is 0.0599. The fourth-order valence-corrected chi connectivity index (χ4v) is 3.55. The number of nitrogens with one attached hydrogen (secondary N) is 1. The third-order valence-corrected chi connectivity index (χ3v) is 5.42. The van der Waals surface area contributed by atoms with Gasteiger partial charge in [0.25, 0.3) is 0 Å². The van der Waals surface area contributed by atoms with E-state index in [2.05, 4.69) is 4.72 Å². The standard InChI is InChI=1S/C16H22N2O4S/c1-11-8-13(12(2)18(11)3)10-17-23(19,20)16-9-14(21-4)6-7-15(16)22-5/h6-9,17H,10H2,1-5H3. The van der Waals surface area contributed by atoms with Gasteiger partial charge in [-0.1, -0.05) is 0 Å². The maximum atomic E-state index is 12.6. The van der Waals surface area contributed by atoms with Crippen LogP contribution in [0.5, 0.6) is 11.5 Å². The lowest BCUT2D eigenvalue weighted by atomic mass is 10.2. The summed E-state index contributed by atoms with van der Waals surface area (Å²) < 4.78 is 40.1. The summed E-state index contributed by atoms with van der Waals surface area (Å²) in [5.74, 6) is 0.733. The van der Waals surface area contributed by atoms with Crippen molar-refractivity contribution >= 4 is 10.0 Å². The number of benzene rings is 1. The van der Waals surface area contributed by atoms with Gasteiger partial charge in [-0.15, -0.1) is 0 Å². The van der Waals surface area contributed by atoms with Gasteiger partial charge in [0.2, 0.25) is 10.0 Å². The summed E-state index contributed by atoms with van der Waals surface area (Å²) in [6, 6.07) is 6.65. The zero-order valence-electron chi connectivity index (χ0n) is 14.0. The first-order chi connectivity index (χ1) is 10.8. The highest BCUT2D eigenvalue weighted by Crippen LogP contribution is 2.28. The fraction of sp³-hybridized carbons (Fsp3) is 0.375. The predicted molar refractivity (Wildman–Crippen MR) is 88.5 cm³/mol. The van der Waals surface area contributed by atoms with E-state index in [1.54, 1.807) is 12.1 Å². The molecule has 0 fully saturated rings. The number of nitrogens with zero attached hydrogens (tertiary/aromatic N) is 1. The lowest BCUT2D eigenvalue weighted by molar-refractivity contribution is 0.392. The Labute approximate surface area is 137 Å². The van der Waals surface area contributed by atoms with Gasteiger partial charge in [0.15, 0.2) is 0 Å². The van der Waals surface area contributed by atoms with E-state index in [9.17, 15) is 8.42 Å². The van der Waals surface area contributed by atoms with Crippen LogP contribution in [0.15, 0.2) is 29.2 Å². The van der Waals surface area contributed by atoms with E-state index in [1.165, 1.54) is 20.3 Å². The number of sulfonamides is 1. The highest BCUT2D eigenvalue weighted by atomic mass is 32.2. The molecule has 2 rings (SSSR count). The topological polar surface area (TPSA) is 69.6 Å². The molecule has 6 nitrogen and oxygen atoms in total. The van der Waals surface area contributed by atoms with Crippen molar-refractivity contribution < 1.29 is 17.9 Å². The molecule has 126 valence electrons. The largest absolute Gasteiger partial charge is 0.497 e. The molecule has 0 aliphatic carbocycles. The summed E-state index contributed by atoms with van der Waals surface area (Å²) in [6.07, 6.45) is 0. The normalized spacial score (nSPS) is 11.5. The Balaban J connectivity index is 2.30. The van der Waals surface area contributed by atoms with Crippen LogP contribution in [0.2, 0.25) is 0 Å². The Morgan fingerprint density at radius 3 is 2.35 bits per heavy atom. The Morgan fingerprint density at radius 1 is 1.13 bits per heavy atom. The van der Waals surface area contributed by atoms with E-state index in [0.29, 0.717) is 5.75 Å².